The predicted octanol–water partition coefficient (Wildman–Crippen LogP) is 2.11. The lowest BCUT2D eigenvalue weighted by Gasteiger charge is -2.24. The Morgan fingerprint density at radius 1 is 1.46 bits per heavy atom. The van der Waals surface area contributed by atoms with Gasteiger partial charge in [0.1, 0.15) is 0 Å². The van der Waals surface area contributed by atoms with Crippen LogP contribution >= 0.6 is 11.8 Å². The van der Waals surface area contributed by atoms with E-state index in [0.29, 0.717) is 18.4 Å². The minimum absolute atomic E-state index is 0.106. The fourth-order valence-electron chi connectivity index (χ4n) is 1.31. The molecule has 2 N–H and O–H groups in total. The summed E-state index contributed by atoms with van der Waals surface area (Å²) in [6.07, 6.45) is 0.180. The van der Waals surface area contributed by atoms with E-state index in [0.717, 1.165) is 0 Å². The number of hydrogen-bond donors (Lipinski definition) is 2. The molecule has 0 rings (SSSR count). The van der Waals surface area contributed by atoms with Gasteiger partial charge < -0.3 is 5.11 Å². The van der Waals surface area contributed by atoms with Gasteiger partial charge in [-0.25, -0.2) is 4.84 Å². The number of carbonyl (C=O) groups is 1. The average molecular weight is 208 g/mol. The number of hydrogen-bond acceptors (Lipinski definition) is 2. The number of aliphatic carboxylic acids is 1. The maximum atomic E-state index is 10.5. The molecular formula is C9H18ClNO2. The molecule has 0 radical (unpaired) electrons. The standard InChI is InChI=1S/C9H18ClNO2/c1-6(2)7(3)8(5-11-10)4-9(12)13/h6-8,11H,4-5H2,1-3H3,(H,12,13). The zero-order valence-electron chi connectivity index (χ0n) is 8.38. The highest BCUT2D eigenvalue weighted by atomic mass is 35.5. The third-order valence-electron chi connectivity index (χ3n) is 2.57. The fraction of sp³-hybridized carbons (Fsp3) is 0.889. The lowest BCUT2D eigenvalue weighted by atomic mass is 9.83. The van der Waals surface area contributed by atoms with Gasteiger partial charge in [-0.15, -0.1) is 0 Å². The Labute approximate surface area is 84.6 Å². The summed E-state index contributed by atoms with van der Waals surface area (Å²) in [5, 5.41) is 8.67. The van der Waals surface area contributed by atoms with Crippen molar-refractivity contribution in [2.24, 2.45) is 17.8 Å². The van der Waals surface area contributed by atoms with Gasteiger partial charge in [0.25, 0.3) is 0 Å². The van der Waals surface area contributed by atoms with E-state index < -0.39 is 5.97 Å². The number of carboxylic acid groups (broad SMARTS) is 1. The lowest BCUT2D eigenvalue weighted by Crippen LogP contribution is -2.27. The molecule has 0 aliphatic carbocycles. The van der Waals surface area contributed by atoms with Crippen molar-refractivity contribution >= 4 is 17.7 Å². The van der Waals surface area contributed by atoms with Crippen molar-refractivity contribution in [2.45, 2.75) is 27.2 Å². The van der Waals surface area contributed by atoms with Gasteiger partial charge in [-0.2, -0.15) is 0 Å². The summed E-state index contributed by atoms with van der Waals surface area (Å²) >= 11 is 5.39. The lowest BCUT2D eigenvalue weighted by molar-refractivity contribution is -0.138. The first kappa shape index (κ1) is 12.7. The second-order valence-corrected chi connectivity index (χ2v) is 4.07. The van der Waals surface area contributed by atoms with Crippen LogP contribution in [0.3, 0.4) is 0 Å². The Morgan fingerprint density at radius 3 is 2.31 bits per heavy atom. The molecule has 0 heterocycles. The summed E-state index contributed by atoms with van der Waals surface area (Å²) in [5.74, 6) is 0.191. The molecule has 13 heavy (non-hydrogen) atoms. The first-order valence-corrected chi connectivity index (χ1v) is 4.92. The quantitative estimate of drug-likeness (QED) is 0.656. The van der Waals surface area contributed by atoms with E-state index in [-0.39, 0.29) is 12.3 Å². The molecule has 0 amide bonds. The Hall–Kier alpha value is -0.280. The highest BCUT2D eigenvalue weighted by Crippen LogP contribution is 2.22. The fourth-order valence-corrected chi connectivity index (χ4v) is 1.51. The Balaban J connectivity index is 4.14. The molecule has 0 aromatic carbocycles. The first-order valence-electron chi connectivity index (χ1n) is 4.54. The van der Waals surface area contributed by atoms with Crippen LogP contribution in [0.4, 0.5) is 0 Å². The van der Waals surface area contributed by atoms with Crippen LogP contribution in [-0.4, -0.2) is 17.6 Å². The SMILES string of the molecule is CC(C)C(C)C(CNCl)CC(=O)O. The van der Waals surface area contributed by atoms with Crippen LogP contribution in [0.1, 0.15) is 27.2 Å². The van der Waals surface area contributed by atoms with Gasteiger partial charge in [-0.05, 0) is 29.5 Å². The zero-order chi connectivity index (χ0) is 10.4. The molecule has 2 atom stereocenters. The molecular weight excluding hydrogens is 190 g/mol. The number of carboxylic acids is 1. The van der Waals surface area contributed by atoms with Crippen molar-refractivity contribution < 1.29 is 9.90 Å². The second-order valence-electron chi connectivity index (χ2n) is 3.80. The van der Waals surface area contributed by atoms with E-state index in [9.17, 15) is 4.79 Å². The molecule has 0 saturated heterocycles. The minimum Gasteiger partial charge on any atom is -0.481 e. The summed E-state index contributed by atoms with van der Waals surface area (Å²) in [5.41, 5.74) is 0. The molecule has 2 unspecified atom stereocenters. The first-order chi connectivity index (χ1) is 5.99. The summed E-state index contributed by atoms with van der Waals surface area (Å²) in [6, 6.07) is 0. The molecule has 0 bridgehead atoms. The predicted molar refractivity (Wildman–Crippen MR) is 53.6 cm³/mol. The van der Waals surface area contributed by atoms with Gasteiger partial charge in [-0.1, -0.05) is 20.8 Å². The molecule has 0 aliphatic heterocycles. The molecule has 0 aliphatic rings. The molecule has 0 saturated carbocycles. The van der Waals surface area contributed by atoms with Crippen LogP contribution in [-0.2, 0) is 4.79 Å². The summed E-state index contributed by atoms with van der Waals surface area (Å²) in [7, 11) is 0. The van der Waals surface area contributed by atoms with Crippen LogP contribution in [0.15, 0.2) is 0 Å². The highest BCUT2D eigenvalue weighted by Gasteiger charge is 2.22. The van der Waals surface area contributed by atoms with Crippen molar-refractivity contribution in [1.82, 2.24) is 4.84 Å². The normalized spacial score (nSPS) is 15.8. The maximum absolute atomic E-state index is 10.5. The Bertz CT molecular complexity index is 162. The van der Waals surface area contributed by atoms with Crippen LogP contribution in [0.25, 0.3) is 0 Å². The van der Waals surface area contributed by atoms with Gasteiger partial charge in [0.05, 0.1) is 0 Å². The van der Waals surface area contributed by atoms with Crippen LogP contribution < -0.4 is 4.84 Å². The smallest absolute Gasteiger partial charge is 0.303 e. The molecule has 0 spiro atoms. The maximum Gasteiger partial charge on any atom is 0.303 e. The van der Waals surface area contributed by atoms with Crippen molar-refractivity contribution in [3.8, 4) is 0 Å². The number of halogens is 1. The molecule has 3 nitrogen and oxygen atoms in total. The van der Waals surface area contributed by atoms with Crippen LogP contribution in [0.5, 0.6) is 0 Å². The molecule has 4 heteroatoms. The van der Waals surface area contributed by atoms with Crippen molar-refractivity contribution in [2.75, 3.05) is 6.54 Å². The highest BCUT2D eigenvalue weighted by molar-refractivity contribution is 6.13. The van der Waals surface area contributed by atoms with Crippen LogP contribution in [0.2, 0.25) is 0 Å². The van der Waals surface area contributed by atoms with Gasteiger partial charge in [-0.3, -0.25) is 4.79 Å². The van der Waals surface area contributed by atoms with Gasteiger partial charge in [0.2, 0.25) is 0 Å². The number of nitrogens with one attached hydrogen (secondary N) is 1. The third-order valence-corrected chi connectivity index (χ3v) is 2.73. The van der Waals surface area contributed by atoms with E-state index in [4.69, 9.17) is 16.9 Å². The van der Waals surface area contributed by atoms with E-state index in [1.54, 1.807) is 0 Å². The second kappa shape index (κ2) is 6.22. The van der Waals surface area contributed by atoms with Crippen molar-refractivity contribution in [3.05, 3.63) is 0 Å². The summed E-state index contributed by atoms with van der Waals surface area (Å²) in [4.78, 5) is 13.1. The van der Waals surface area contributed by atoms with E-state index in [2.05, 4.69) is 25.6 Å². The van der Waals surface area contributed by atoms with Gasteiger partial charge in [0, 0.05) is 13.0 Å². The minimum atomic E-state index is -0.760. The Kier molecular flexibility index (Phi) is 6.08. The van der Waals surface area contributed by atoms with Gasteiger partial charge in [0.15, 0.2) is 0 Å². The monoisotopic (exact) mass is 207 g/mol. The molecule has 0 aromatic rings. The topological polar surface area (TPSA) is 49.3 Å². The average Bonchev–Trinajstić information content (AvgIpc) is 2.01. The van der Waals surface area contributed by atoms with Crippen molar-refractivity contribution in [3.63, 3.8) is 0 Å². The number of rotatable bonds is 6. The van der Waals surface area contributed by atoms with Crippen LogP contribution in [0, 0.1) is 17.8 Å². The molecule has 78 valence electrons. The zero-order valence-corrected chi connectivity index (χ0v) is 9.14. The van der Waals surface area contributed by atoms with Gasteiger partial charge >= 0.3 is 5.97 Å². The largest absolute Gasteiger partial charge is 0.481 e. The van der Waals surface area contributed by atoms with E-state index in [1.807, 2.05) is 0 Å². The Morgan fingerprint density at radius 2 is 2.00 bits per heavy atom. The molecule has 0 aromatic heterocycles. The van der Waals surface area contributed by atoms with E-state index in [1.165, 1.54) is 0 Å². The summed E-state index contributed by atoms with van der Waals surface area (Å²) in [6.45, 7) is 6.79. The van der Waals surface area contributed by atoms with Crippen molar-refractivity contribution in [1.29, 1.82) is 0 Å². The molecule has 0 fully saturated rings. The summed E-state index contributed by atoms with van der Waals surface area (Å²) < 4.78 is 0. The van der Waals surface area contributed by atoms with E-state index >= 15 is 0 Å². The third kappa shape index (κ3) is 5.11.